The molecule has 0 aliphatic rings. The van der Waals surface area contributed by atoms with Crippen LogP contribution < -0.4 is 0 Å². The van der Waals surface area contributed by atoms with E-state index in [0.717, 1.165) is 12.0 Å². The normalized spacial score (nSPS) is 12.4. The molecule has 0 N–H and O–H groups in total. The molecule has 0 saturated carbocycles. The van der Waals surface area contributed by atoms with E-state index in [2.05, 4.69) is 0 Å². The Kier molecular flexibility index (Phi) is 4.84. The van der Waals surface area contributed by atoms with Crippen LogP contribution in [0.5, 0.6) is 0 Å². The summed E-state index contributed by atoms with van der Waals surface area (Å²) >= 11 is 1.13. The summed E-state index contributed by atoms with van der Waals surface area (Å²) in [4.78, 5) is 22.6. The molecule has 0 atom stereocenters. The third-order valence-corrected chi connectivity index (χ3v) is 2.35. The van der Waals surface area contributed by atoms with Crippen LogP contribution in [0, 0.1) is 5.41 Å². The van der Waals surface area contributed by atoms with Crippen LogP contribution in [-0.4, -0.2) is 16.5 Å². The quantitative estimate of drug-likeness (QED) is 0.699. The first kappa shape index (κ1) is 14.5. The fraction of sp³-hybridized carbons (Fsp3) is 0.818. The van der Waals surface area contributed by atoms with Crippen molar-refractivity contribution < 1.29 is 13.8 Å². The molecule has 0 fully saturated rings. The van der Waals surface area contributed by atoms with Crippen molar-refractivity contribution in [3.05, 3.63) is 0 Å². The average molecular weight is 232 g/mol. The molecule has 4 heteroatoms. The highest BCUT2D eigenvalue weighted by atomic mass is 32.2. The second-order valence-corrected chi connectivity index (χ2v) is 6.89. The van der Waals surface area contributed by atoms with Gasteiger partial charge in [0.2, 0.25) is 0 Å². The van der Waals surface area contributed by atoms with Gasteiger partial charge in [-0.1, -0.05) is 0 Å². The zero-order chi connectivity index (χ0) is 12.3. The molecule has 0 aromatic carbocycles. The summed E-state index contributed by atoms with van der Waals surface area (Å²) in [6.07, 6.45) is 0.219. The highest BCUT2D eigenvalue weighted by Gasteiger charge is 2.32. The molecule has 0 spiro atoms. The maximum absolute atomic E-state index is 11.7. The molecule has 15 heavy (non-hydrogen) atoms. The van der Waals surface area contributed by atoms with Crippen molar-refractivity contribution in [3.63, 3.8) is 0 Å². The zero-order valence-corrected chi connectivity index (χ0v) is 11.2. The molecule has 0 saturated heterocycles. The van der Waals surface area contributed by atoms with Crippen LogP contribution in [0.15, 0.2) is 0 Å². The van der Waals surface area contributed by atoms with Gasteiger partial charge in [0.25, 0.3) is 0 Å². The van der Waals surface area contributed by atoms with E-state index in [1.165, 1.54) is 6.92 Å². The summed E-state index contributed by atoms with van der Waals surface area (Å²) in [7, 11) is 0. The van der Waals surface area contributed by atoms with Gasteiger partial charge in [-0.05, 0) is 41.5 Å². The van der Waals surface area contributed by atoms with Crippen molar-refractivity contribution in [1.82, 2.24) is 0 Å². The summed E-state index contributed by atoms with van der Waals surface area (Å²) < 4.78 is 4.97. The molecule has 0 aromatic heterocycles. The Balaban J connectivity index is 4.26. The number of Topliss-reactive ketones (excluding diaryl/α,β-unsaturated/α-hetero) is 1. The Morgan fingerprint density at radius 2 is 1.60 bits per heavy atom. The highest BCUT2D eigenvalue weighted by molar-refractivity contribution is 7.96. The predicted octanol–water partition coefficient (Wildman–Crippen LogP) is 2.98. The maximum atomic E-state index is 11.7. The van der Waals surface area contributed by atoms with Crippen molar-refractivity contribution in [2.24, 2.45) is 5.41 Å². The molecule has 0 aliphatic heterocycles. The number of rotatable bonds is 4. The van der Waals surface area contributed by atoms with E-state index in [1.54, 1.807) is 13.8 Å². The van der Waals surface area contributed by atoms with Crippen molar-refractivity contribution in [2.45, 2.75) is 52.7 Å². The molecule has 0 bridgehead atoms. The Morgan fingerprint density at radius 1 is 1.13 bits per heavy atom. The summed E-state index contributed by atoms with van der Waals surface area (Å²) in [5.74, 6) is -0.338. The van der Waals surface area contributed by atoms with E-state index in [-0.39, 0.29) is 22.9 Å². The average Bonchev–Trinajstić information content (AvgIpc) is 1.95. The van der Waals surface area contributed by atoms with Gasteiger partial charge in [0.15, 0.2) is 0 Å². The molecular formula is C11H20O3S. The molecule has 0 aliphatic carbocycles. The van der Waals surface area contributed by atoms with Gasteiger partial charge in [-0.3, -0.25) is 9.59 Å². The Hall–Kier alpha value is -0.510. The molecule has 0 amide bonds. The van der Waals surface area contributed by atoms with Gasteiger partial charge in [0, 0.05) is 11.2 Å². The lowest BCUT2D eigenvalue weighted by atomic mass is 9.88. The number of ketones is 1. The van der Waals surface area contributed by atoms with Crippen molar-refractivity contribution in [3.8, 4) is 0 Å². The number of hydrogen-bond acceptors (Lipinski definition) is 4. The van der Waals surface area contributed by atoms with Crippen molar-refractivity contribution >= 4 is 23.8 Å². The molecule has 3 nitrogen and oxygen atoms in total. The van der Waals surface area contributed by atoms with E-state index >= 15 is 0 Å². The second-order valence-electron chi connectivity index (χ2n) is 5.33. The van der Waals surface area contributed by atoms with Crippen LogP contribution in [0.1, 0.15) is 48.0 Å². The van der Waals surface area contributed by atoms with Gasteiger partial charge in [-0.15, -0.1) is 0 Å². The highest BCUT2D eigenvalue weighted by Crippen LogP contribution is 2.30. The number of hydrogen-bond donors (Lipinski definition) is 0. The minimum Gasteiger partial charge on any atom is -0.390 e. The minimum atomic E-state index is -0.732. The molecule has 0 rings (SSSR count). The van der Waals surface area contributed by atoms with Crippen LogP contribution in [0.2, 0.25) is 0 Å². The lowest BCUT2D eigenvalue weighted by molar-refractivity contribution is -0.145. The zero-order valence-electron chi connectivity index (χ0n) is 10.3. The molecular weight excluding hydrogens is 212 g/mol. The van der Waals surface area contributed by atoms with Gasteiger partial charge >= 0.3 is 5.97 Å². The Labute approximate surface area is 96.2 Å². The van der Waals surface area contributed by atoms with Crippen LogP contribution in [0.25, 0.3) is 0 Å². The first-order chi connectivity index (χ1) is 6.54. The van der Waals surface area contributed by atoms with E-state index in [4.69, 9.17) is 4.18 Å². The molecule has 0 unspecified atom stereocenters. The van der Waals surface area contributed by atoms with Crippen LogP contribution >= 0.6 is 12.0 Å². The van der Waals surface area contributed by atoms with Gasteiger partial charge in [0.05, 0.1) is 17.5 Å². The van der Waals surface area contributed by atoms with Gasteiger partial charge < -0.3 is 4.18 Å². The van der Waals surface area contributed by atoms with Crippen LogP contribution in [0.3, 0.4) is 0 Å². The topological polar surface area (TPSA) is 43.4 Å². The van der Waals surface area contributed by atoms with Gasteiger partial charge in [0.1, 0.15) is 5.78 Å². The molecule has 0 aromatic rings. The lowest BCUT2D eigenvalue weighted by Crippen LogP contribution is -2.28. The van der Waals surface area contributed by atoms with Gasteiger partial charge in [-0.25, -0.2) is 0 Å². The number of carbonyl (C=O) groups excluding carboxylic acids is 2. The minimum absolute atomic E-state index is 0.00212. The molecule has 88 valence electrons. The lowest BCUT2D eigenvalue weighted by Gasteiger charge is -2.23. The molecule has 0 heterocycles. The maximum Gasteiger partial charge on any atom is 0.324 e. The summed E-state index contributed by atoms with van der Waals surface area (Å²) in [5.41, 5.74) is -0.732. The monoisotopic (exact) mass is 232 g/mol. The summed E-state index contributed by atoms with van der Waals surface area (Å²) in [6, 6.07) is 0. The fourth-order valence-electron chi connectivity index (χ4n) is 0.970. The third-order valence-electron chi connectivity index (χ3n) is 1.61. The van der Waals surface area contributed by atoms with E-state index in [0.29, 0.717) is 0 Å². The third kappa shape index (κ3) is 6.55. The first-order valence-electron chi connectivity index (χ1n) is 4.94. The SMILES string of the molecule is CC(=O)CC(C)(C)C(=O)OSC(C)(C)C. The number of carbonyl (C=O) groups is 2. The smallest absolute Gasteiger partial charge is 0.324 e. The Morgan fingerprint density at radius 3 is 1.93 bits per heavy atom. The van der Waals surface area contributed by atoms with Crippen LogP contribution in [0.4, 0.5) is 0 Å². The summed E-state index contributed by atoms with van der Waals surface area (Å²) in [5, 5.41) is 0. The van der Waals surface area contributed by atoms with E-state index in [9.17, 15) is 9.59 Å². The molecule has 0 radical (unpaired) electrons. The van der Waals surface area contributed by atoms with E-state index in [1.807, 2.05) is 20.8 Å². The van der Waals surface area contributed by atoms with Crippen LogP contribution in [-0.2, 0) is 13.8 Å². The van der Waals surface area contributed by atoms with Crippen molar-refractivity contribution in [2.75, 3.05) is 0 Å². The van der Waals surface area contributed by atoms with E-state index < -0.39 is 5.41 Å². The summed E-state index contributed by atoms with van der Waals surface area (Å²) in [6.45, 7) is 10.8. The Bertz CT molecular complexity index is 251. The fourth-order valence-corrected chi connectivity index (χ4v) is 1.52. The largest absolute Gasteiger partial charge is 0.390 e. The predicted molar refractivity (Wildman–Crippen MR) is 62.5 cm³/mol. The second kappa shape index (κ2) is 5.01. The standard InChI is InChI=1S/C11H20O3S/c1-8(12)7-11(5,6)9(13)14-15-10(2,3)4/h7H2,1-6H3. The first-order valence-corrected chi connectivity index (χ1v) is 5.68. The van der Waals surface area contributed by atoms with Crippen molar-refractivity contribution in [1.29, 1.82) is 0 Å². The van der Waals surface area contributed by atoms with Gasteiger partial charge in [-0.2, -0.15) is 0 Å².